The number of primary amides is 1. The number of hydrogen-bond acceptors (Lipinski definition) is 5. The van der Waals surface area contributed by atoms with E-state index in [2.05, 4.69) is 14.8 Å². The molecule has 0 atom stereocenters. The van der Waals surface area contributed by atoms with E-state index >= 15 is 13.2 Å². The zero-order chi connectivity index (χ0) is 29.1. The summed E-state index contributed by atoms with van der Waals surface area (Å²) in [5.74, 6) is -5.91. The van der Waals surface area contributed by atoms with Crippen molar-refractivity contribution in [3.8, 4) is 0 Å². The van der Waals surface area contributed by atoms with Crippen LogP contribution in [-0.4, -0.2) is 33.6 Å². The van der Waals surface area contributed by atoms with Crippen molar-refractivity contribution in [1.29, 1.82) is 0 Å². The molecule has 0 saturated carbocycles. The zero-order valence-corrected chi connectivity index (χ0v) is 22.4. The maximum Gasteiger partial charge on any atom is 0.299 e. The van der Waals surface area contributed by atoms with Crippen LogP contribution in [0.5, 0.6) is 0 Å². The number of nitrogens with two attached hydrogens (primary N) is 1. The topological polar surface area (TPSA) is 123 Å². The third kappa shape index (κ3) is 7.25. The molecule has 3 aromatic carbocycles. The Bertz CT molecular complexity index is 1510. The number of halogens is 4. The van der Waals surface area contributed by atoms with Gasteiger partial charge in [0.05, 0.1) is 34.8 Å². The third-order valence-electron chi connectivity index (χ3n) is 5.55. The number of amides is 1. The molecule has 0 spiro atoms. The van der Waals surface area contributed by atoms with E-state index in [-0.39, 0.29) is 17.9 Å². The maximum atomic E-state index is 15.3. The van der Waals surface area contributed by atoms with Crippen LogP contribution in [0.3, 0.4) is 0 Å². The van der Waals surface area contributed by atoms with Crippen LogP contribution in [0, 0.1) is 30.2 Å². The molecule has 39 heavy (non-hydrogen) atoms. The lowest BCUT2D eigenvalue weighted by molar-refractivity contribution is 0.100. The molecule has 3 rings (SSSR count). The molecule has 0 bridgehead atoms. The van der Waals surface area contributed by atoms with Crippen LogP contribution in [-0.2, 0) is 21.4 Å². The standard InChI is InChI=1S/C26H28F4N4O4S/c1-14-8-9-19(18(27)10-14)32-24-17(25(31)35)12-16(22(29)23(24)30)11-15-6-5-7-20(21(15)28)33-39(36,37)34-26(2,3)13-38-4/h5-10,12,32-34H,11,13H2,1-4H3,(H2,31,35). The normalized spacial score (nSPS) is 11.9. The highest BCUT2D eigenvalue weighted by atomic mass is 32.2. The van der Waals surface area contributed by atoms with Crippen molar-refractivity contribution in [3.63, 3.8) is 0 Å². The van der Waals surface area contributed by atoms with Crippen molar-refractivity contribution < 1.29 is 35.5 Å². The average molecular weight is 569 g/mol. The van der Waals surface area contributed by atoms with Gasteiger partial charge < -0.3 is 15.8 Å². The largest absolute Gasteiger partial charge is 0.383 e. The lowest BCUT2D eigenvalue weighted by Crippen LogP contribution is -2.48. The fraction of sp³-hybridized carbons (Fsp3) is 0.269. The van der Waals surface area contributed by atoms with Gasteiger partial charge in [-0.05, 0) is 61.7 Å². The van der Waals surface area contributed by atoms with Crippen molar-refractivity contribution in [1.82, 2.24) is 4.72 Å². The second-order valence-electron chi connectivity index (χ2n) is 9.54. The number of benzene rings is 3. The molecule has 0 saturated heterocycles. The summed E-state index contributed by atoms with van der Waals surface area (Å²) >= 11 is 0. The van der Waals surface area contributed by atoms with Gasteiger partial charge >= 0.3 is 0 Å². The van der Waals surface area contributed by atoms with E-state index in [1.54, 1.807) is 20.8 Å². The molecule has 0 aliphatic rings. The van der Waals surface area contributed by atoms with E-state index in [0.29, 0.717) is 5.56 Å². The zero-order valence-electron chi connectivity index (χ0n) is 21.6. The molecule has 3 aromatic rings. The summed E-state index contributed by atoms with van der Waals surface area (Å²) in [7, 11) is -2.86. The van der Waals surface area contributed by atoms with Crippen LogP contribution < -0.4 is 20.5 Å². The summed E-state index contributed by atoms with van der Waals surface area (Å²) in [5.41, 5.74) is 2.46. The summed E-state index contributed by atoms with van der Waals surface area (Å²) in [6, 6.07) is 8.61. The molecular weight excluding hydrogens is 540 g/mol. The first-order chi connectivity index (χ1) is 18.1. The molecule has 0 unspecified atom stereocenters. The minimum Gasteiger partial charge on any atom is -0.383 e. The van der Waals surface area contributed by atoms with Gasteiger partial charge in [0.25, 0.3) is 16.1 Å². The van der Waals surface area contributed by atoms with E-state index in [1.807, 2.05) is 0 Å². The SMILES string of the molecule is COCC(C)(C)NS(=O)(=O)Nc1cccc(Cc2cc(C(N)=O)c(Nc3ccc(C)cc3F)c(F)c2F)c1F. The molecular formula is C26H28F4N4O4S. The summed E-state index contributed by atoms with van der Waals surface area (Å²) in [4.78, 5) is 12.1. The number of rotatable bonds is 11. The summed E-state index contributed by atoms with van der Waals surface area (Å²) in [6.45, 7) is 4.78. The quantitative estimate of drug-likeness (QED) is 0.251. The summed E-state index contributed by atoms with van der Waals surface area (Å²) < 4.78 is 94.2. The van der Waals surface area contributed by atoms with Gasteiger partial charge in [0.15, 0.2) is 17.5 Å². The number of hydrogen-bond donors (Lipinski definition) is 4. The Morgan fingerprint density at radius 1 is 0.974 bits per heavy atom. The van der Waals surface area contributed by atoms with Crippen molar-refractivity contribution in [2.24, 2.45) is 5.73 Å². The molecule has 210 valence electrons. The highest BCUT2D eigenvalue weighted by molar-refractivity contribution is 7.90. The van der Waals surface area contributed by atoms with Crippen molar-refractivity contribution >= 4 is 33.2 Å². The van der Waals surface area contributed by atoms with E-state index in [9.17, 15) is 17.6 Å². The molecule has 1 amide bonds. The lowest BCUT2D eigenvalue weighted by Gasteiger charge is -2.25. The van der Waals surface area contributed by atoms with E-state index in [0.717, 1.165) is 18.2 Å². The van der Waals surface area contributed by atoms with Gasteiger partial charge in [-0.1, -0.05) is 18.2 Å². The summed E-state index contributed by atoms with van der Waals surface area (Å²) in [5, 5.41) is 2.37. The number of ether oxygens (including phenoxy) is 1. The molecule has 0 fully saturated rings. The second-order valence-corrected chi connectivity index (χ2v) is 11.0. The lowest BCUT2D eigenvalue weighted by atomic mass is 9.99. The molecule has 0 radical (unpaired) electrons. The van der Waals surface area contributed by atoms with Crippen molar-refractivity contribution in [2.75, 3.05) is 23.8 Å². The average Bonchev–Trinajstić information content (AvgIpc) is 2.81. The second kappa shape index (κ2) is 11.6. The molecule has 5 N–H and O–H groups in total. The molecule has 0 aromatic heterocycles. The molecule has 13 heteroatoms. The Hall–Kier alpha value is -3.68. The monoisotopic (exact) mass is 568 g/mol. The molecule has 0 aliphatic heterocycles. The third-order valence-corrected chi connectivity index (χ3v) is 6.86. The van der Waals surface area contributed by atoms with E-state index in [1.165, 1.54) is 31.4 Å². The van der Waals surface area contributed by atoms with Gasteiger partial charge in [0.1, 0.15) is 5.82 Å². The number of nitrogens with one attached hydrogen (secondary N) is 3. The van der Waals surface area contributed by atoms with Gasteiger partial charge in [-0.25, -0.2) is 17.6 Å². The number of aryl methyl sites for hydroxylation is 1. The Morgan fingerprint density at radius 2 is 1.67 bits per heavy atom. The smallest absolute Gasteiger partial charge is 0.299 e. The van der Waals surface area contributed by atoms with Gasteiger partial charge in [0, 0.05) is 13.5 Å². The fourth-order valence-corrected chi connectivity index (χ4v) is 5.19. The number of carbonyl (C=O) groups is 1. The van der Waals surface area contributed by atoms with Crippen LogP contribution in [0.25, 0.3) is 0 Å². The fourth-order valence-electron chi connectivity index (χ4n) is 3.90. The van der Waals surface area contributed by atoms with Gasteiger partial charge in [-0.15, -0.1) is 0 Å². The minimum atomic E-state index is -4.26. The summed E-state index contributed by atoms with van der Waals surface area (Å²) in [6.07, 6.45) is -0.563. The Kier molecular flexibility index (Phi) is 8.88. The van der Waals surface area contributed by atoms with E-state index in [4.69, 9.17) is 10.5 Å². The molecule has 0 heterocycles. The van der Waals surface area contributed by atoms with Crippen LogP contribution in [0.1, 0.15) is 40.9 Å². The number of carbonyl (C=O) groups excluding carboxylic acids is 1. The highest BCUT2D eigenvalue weighted by Crippen LogP contribution is 2.32. The highest BCUT2D eigenvalue weighted by Gasteiger charge is 2.27. The number of methoxy groups -OCH3 is 1. The van der Waals surface area contributed by atoms with Crippen LogP contribution in [0.15, 0.2) is 42.5 Å². The first-order valence-corrected chi connectivity index (χ1v) is 13.0. The van der Waals surface area contributed by atoms with Gasteiger partial charge in [-0.2, -0.15) is 13.1 Å². The van der Waals surface area contributed by atoms with Crippen LogP contribution in [0.2, 0.25) is 0 Å². The Balaban J connectivity index is 1.96. The maximum absolute atomic E-state index is 15.3. The van der Waals surface area contributed by atoms with Crippen LogP contribution in [0.4, 0.5) is 34.6 Å². The molecule has 0 aliphatic carbocycles. The van der Waals surface area contributed by atoms with Crippen LogP contribution >= 0.6 is 0 Å². The van der Waals surface area contributed by atoms with Crippen molar-refractivity contribution in [2.45, 2.75) is 32.7 Å². The van der Waals surface area contributed by atoms with Gasteiger partial charge in [-0.3, -0.25) is 9.52 Å². The van der Waals surface area contributed by atoms with Crippen molar-refractivity contribution in [3.05, 3.63) is 88.0 Å². The number of anilines is 3. The Morgan fingerprint density at radius 3 is 2.28 bits per heavy atom. The minimum absolute atomic E-state index is 0.0326. The first-order valence-electron chi connectivity index (χ1n) is 11.6. The van der Waals surface area contributed by atoms with E-state index < -0.39 is 73.8 Å². The molecule has 8 nitrogen and oxygen atoms in total. The predicted molar refractivity (Wildman–Crippen MR) is 140 cm³/mol. The first kappa shape index (κ1) is 29.9. The Labute approximate surface area is 223 Å². The van der Waals surface area contributed by atoms with Gasteiger partial charge in [0.2, 0.25) is 0 Å². The predicted octanol–water partition coefficient (Wildman–Crippen LogP) is 4.66.